The van der Waals surface area contributed by atoms with Crippen LogP contribution in [0.5, 0.6) is 0 Å². The highest BCUT2D eigenvalue weighted by Crippen LogP contribution is 2.18. The van der Waals surface area contributed by atoms with E-state index in [9.17, 15) is 9.59 Å². The first kappa shape index (κ1) is 9.45. The molecule has 0 spiro atoms. The van der Waals surface area contributed by atoms with Gasteiger partial charge in [-0.15, -0.1) is 0 Å². The molecule has 0 aromatic rings. The van der Waals surface area contributed by atoms with E-state index in [1.807, 2.05) is 0 Å². The molecule has 2 fully saturated rings. The number of nitrogens with zero attached hydrogens (tertiary/aromatic N) is 1. The summed E-state index contributed by atoms with van der Waals surface area (Å²) in [5, 5.41) is 5.84. The largest absolute Gasteiger partial charge is 0.329 e. The quantitative estimate of drug-likeness (QED) is 0.469. The van der Waals surface area contributed by atoms with Crippen molar-refractivity contribution in [3.63, 3.8) is 0 Å². The predicted octanol–water partition coefficient (Wildman–Crippen LogP) is -0.320. The van der Waals surface area contributed by atoms with E-state index in [4.69, 9.17) is 0 Å². The van der Waals surface area contributed by atoms with Gasteiger partial charge < -0.3 is 10.6 Å². The fraction of sp³-hybridized carbons (Fsp3) is 0.778. The molecule has 1 aliphatic heterocycles. The van der Waals surface area contributed by atoms with E-state index in [0.29, 0.717) is 12.6 Å². The van der Waals surface area contributed by atoms with Gasteiger partial charge in [-0.05, 0) is 25.8 Å². The summed E-state index contributed by atoms with van der Waals surface area (Å²) < 4.78 is 0. The fourth-order valence-corrected chi connectivity index (χ4v) is 1.51. The van der Waals surface area contributed by atoms with Gasteiger partial charge in [0.05, 0.1) is 6.54 Å². The van der Waals surface area contributed by atoms with Crippen molar-refractivity contribution in [2.45, 2.75) is 25.3 Å². The van der Waals surface area contributed by atoms with Crippen LogP contribution in [0.15, 0.2) is 0 Å². The molecular formula is C9H15N3O2. The summed E-state index contributed by atoms with van der Waals surface area (Å²) in [6, 6.07) is 0.444. The van der Waals surface area contributed by atoms with Crippen LogP contribution in [0.25, 0.3) is 0 Å². The Morgan fingerprint density at radius 1 is 1.43 bits per heavy atom. The summed E-state index contributed by atoms with van der Waals surface area (Å²) in [5.41, 5.74) is 0. The van der Waals surface area contributed by atoms with E-state index < -0.39 is 0 Å². The zero-order chi connectivity index (χ0) is 9.97. The average Bonchev–Trinajstić information content (AvgIpc) is 2.93. The Labute approximate surface area is 82.8 Å². The summed E-state index contributed by atoms with van der Waals surface area (Å²) >= 11 is 0. The van der Waals surface area contributed by atoms with E-state index in [1.165, 1.54) is 17.7 Å². The van der Waals surface area contributed by atoms with Crippen LogP contribution >= 0.6 is 0 Å². The van der Waals surface area contributed by atoms with E-state index in [0.717, 1.165) is 13.0 Å². The van der Waals surface area contributed by atoms with Crippen LogP contribution in [0.3, 0.4) is 0 Å². The van der Waals surface area contributed by atoms with Crippen molar-refractivity contribution in [1.29, 1.82) is 0 Å². The number of carbonyl (C=O) groups excluding carboxylic acids is 2. The minimum atomic E-state index is -0.249. The number of rotatable bonds is 5. The molecule has 2 N–H and O–H groups in total. The molecule has 1 heterocycles. The van der Waals surface area contributed by atoms with E-state index >= 15 is 0 Å². The van der Waals surface area contributed by atoms with Gasteiger partial charge in [0, 0.05) is 12.6 Å². The number of imide groups is 1. The number of nitrogens with one attached hydrogen (secondary N) is 2. The molecular weight excluding hydrogens is 182 g/mol. The first-order valence-corrected chi connectivity index (χ1v) is 5.09. The normalized spacial score (nSPS) is 21.6. The number of hydrogen-bond donors (Lipinski definition) is 2. The van der Waals surface area contributed by atoms with Crippen LogP contribution in [0.1, 0.15) is 19.3 Å². The molecule has 0 bridgehead atoms. The topological polar surface area (TPSA) is 61.4 Å². The second-order valence-corrected chi connectivity index (χ2v) is 3.79. The molecule has 2 rings (SSSR count). The summed E-state index contributed by atoms with van der Waals surface area (Å²) in [5.74, 6) is -0.110. The minimum Gasteiger partial charge on any atom is -0.329 e. The molecule has 1 saturated heterocycles. The molecule has 5 nitrogen and oxygen atoms in total. The Balaban J connectivity index is 1.63. The van der Waals surface area contributed by atoms with Gasteiger partial charge in [-0.2, -0.15) is 0 Å². The van der Waals surface area contributed by atoms with Crippen molar-refractivity contribution in [3.8, 4) is 0 Å². The van der Waals surface area contributed by atoms with Crippen molar-refractivity contribution < 1.29 is 9.59 Å². The third-order valence-corrected chi connectivity index (χ3v) is 2.51. The Hall–Kier alpha value is -1.10. The van der Waals surface area contributed by atoms with Crippen LogP contribution in [-0.4, -0.2) is 42.5 Å². The van der Waals surface area contributed by atoms with E-state index in [2.05, 4.69) is 10.6 Å². The Kier molecular flexibility index (Phi) is 2.67. The molecule has 14 heavy (non-hydrogen) atoms. The molecule has 78 valence electrons. The molecule has 5 heteroatoms. The van der Waals surface area contributed by atoms with Crippen molar-refractivity contribution in [1.82, 2.24) is 15.5 Å². The van der Waals surface area contributed by atoms with Gasteiger partial charge in [-0.3, -0.25) is 9.69 Å². The zero-order valence-electron chi connectivity index (χ0n) is 8.08. The monoisotopic (exact) mass is 197 g/mol. The molecule has 0 aromatic heterocycles. The molecule has 0 atom stereocenters. The van der Waals surface area contributed by atoms with Crippen molar-refractivity contribution in [2.24, 2.45) is 0 Å². The fourth-order valence-electron chi connectivity index (χ4n) is 1.51. The first-order valence-electron chi connectivity index (χ1n) is 5.09. The average molecular weight is 197 g/mol. The zero-order valence-corrected chi connectivity index (χ0v) is 8.08. The maximum Gasteiger partial charge on any atom is 0.324 e. The molecule has 1 aliphatic carbocycles. The number of hydrogen-bond acceptors (Lipinski definition) is 3. The lowest BCUT2D eigenvalue weighted by molar-refractivity contribution is -0.125. The molecule has 0 unspecified atom stereocenters. The van der Waals surface area contributed by atoms with Gasteiger partial charge in [0.2, 0.25) is 5.91 Å². The molecule has 3 amide bonds. The lowest BCUT2D eigenvalue weighted by Gasteiger charge is -2.11. The highest BCUT2D eigenvalue weighted by molar-refractivity contribution is 6.01. The van der Waals surface area contributed by atoms with E-state index in [1.54, 1.807) is 0 Å². The number of amides is 3. The predicted molar refractivity (Wildman–Crippen MR) is 50.8 cm³/mol. The van der Waals surface area contributed by atoms with Crippen LogP contribution in [0.2, 0.25) is 0 Å². The van der Waals surface area contributed by atoms with Crippen LogP contribution < -0.4 is 10.6 Å². The molecule has 0 radical (unpaired) electrons. The Bertz CT molecular complexity index is 234. The lowest BCUT2D eigenvalue weighted by Crippen LogP contribution is -2.33. The molecule has 0 aromatic carbocycles. The first-order chi connectivity index (χ1) is 6.77. The van der Waals surface area contributed by atoms with Gasteiger partial charge in [0.25, 0.3) is 0 Å². The SMILES string of the molecule is O=C1CNC(=O)N1CCCNC1CC1. The van der Waals surface area contributed by atoms with Gasteiger partial charge >= 0.3 is 6.03 Å². The van der Waals surface area contributed by atoms with Gasteiger partial charge in [0.15, 0.2) is 0 Å². The van der Waals surface area contributed by atoms with Crippen LogP contribution in [0, 0.1) is 0 Å². The second-order valence-electron chi connectivity index (χ2n) is 3.79. The van der Waals surface area contributed by atoms with Crippen molar-refractivity contribution >= 4 is 11.9 Å². The summed E-state index contributed by atoms with van der Waals surface area (Å²) in [7, 11) is 0. The van der Waals surface area contributed by atoms with Crippen molar-refractivity contribution in [2.75, 3.05) is 19.6 Å². The van der Waals surface area contributed by atoms with Crippen LogP contribution in [0.4, 0.5) is 4.79 Å². The summed E-state index contributed by atoms with van der Waals surface area (Å²) in [6.45, 7) is 1.58. The van der Waals surface area contributed by atoms with Gasteiger partial charge in [-0.25, -0.2) is 4.79 Å². The minimum absolute atomic E-state index is 0.110. The van der Waals surface area contributed by atoms with Crippen LogP contribution in [-0.2, 0) is 4.79 Å². The molecule has 2 aliphatic rings. The maximum atomic E-state index is 11.1. The molecule has 1 saturated carbocycles. The van der Waals surface area contributed by atoms with Gasteiger partial charge in [-0.1, -0.05) is 0 Å². The highest BCUT2D eigenvalue weighted by Gasteiger charge is 2.27. The Morgan fingerprint density at radius 2 is 2.21 bits per heavy atom. The number of urea groups is 1. The second kappa shape index (κ2) is 3.96. The lowest BCUT2D eigenvalue weighted by atomic mass is 10.4. The third-order valence-electron chi connectivity index (χ3n) is 2.51. The third kappa shape index (κ3) is 2.23. The standard InChI is InChI=1S/C9H15N3O2/c13-8-6-11-9(14)12(8)5-1-4-10-7-2-3-7/h7,10H,1-6H2,(H,11,14). The van der Waals surface area contributed by atoms with Gasteiger partial charge in [0.1, 0.15) is 0 Å². The van der Waals surface area contributed by atoms with E-state index in [-0.39, 0.29) is 18.5 Å². The maximum absolute atomic E-state index is 11.1. The highest BCUT2D eigenvalue weighted by atomic mass is 16.2. The summed E-state index contributed by atoms with van der Waals surface area (Å²) in [4.78, 5) is 23.5. The van der Waals surface area contributed by atoms with Crippen molar-refractivity contribution in [3.05, 3.63) is 0 Å². The summed E-state index contributed by atoms with van der Waals surface area (Å²) in [6.07, 6.45) is 3.38. The smallest absolute Gasteiger partial charge is 0.324 e. The Morgan fingerprint density at radius 3 is 2.79 bits per heavy atom. The number of carbonyl (C=O) groups is 2.